The lowest BCUT2D eigenvalue weighted by molar-refractivity contribution is -0.142. The summed E-state index contributed by atoms with van der Waals surface area (Å²) in [6.45, 7) is 0. The number of carbonyl (C=O) groups is 2. The van der Waals surface area contributed by atoms with Crippen molar-refractivity contribution in [3.05, 3.63) is 66.0 Å². The molecule has 1 unspecified atom stereocenters. The van der Waals surface area contributed by atoms with E-state index in [-0.39, 0.29) is 5.69 Å². The molecule has 0 fully saturated rings. The number of fused-ring (bicyclic) bond motifs is 2. The molecule has 7 nitrogen and oxygen atoms in total. The Bertz CT molecular complexity index is 1130. The van der Waals surface area contributed by atoms with Crippen LogP contribution in [0.3, 0.4) is 0 Å². The van der Waals surface area contributed by atoms with Crippen LogP contribution in [0, 0.1) is 0 Å². The number of nitrogens with one attached hydrogen (secondary N) is 3. The summed E-state index contributed by atoms with van der Waals surface area (Å²) in [5.41, 5.74) is 2.90. The first kappa shape index (κ1) is 16.8. The second kappa shape index (κ2) is 6.95. The summed E-state index contributed by atoms with van der Waals surface area (Å²) in [6.07, 6.45) is 2.15. The van der Waals surface area contributed by atoms with Gasteiger partial charge in [0, 0.05) is 28.9 Å². The van der Waals surface area contributed by atoms with Crippen LogP contribution in [0.1, 0.15) is 16.1 Å². The molecule has 136 valence electrons. The molecule has 1 amide bonds. The largest absolute Gasteiger partial charge is 0.467 e. The summed E-state index contributed by atoms with van der Waals surface area (Å²) in [5, 5.41) is 11.4. The minimum Gasteiger partial charge on any atom is -0.467 e. The minimum atomic E-state index is -0.822. The molecule has 4 rings (SSSR count). The third kappa shape index (κ3) is 3.15. The molecule has 0 spiro atoms. The number of nitrogens with zero attached hydrogens (tertiary/aromatic N) is 1. The van der Waals surface area contributed by atoms with Crippen LogP contribution in [0.2, 0.25) is 0 Å². The topological polar surface area (TPSA) is 99.9 Å². The maximum absolute atomic E-state index is 12.7. The maximum atomic E-state index is 12.7. The Balaban J connectivity index is 1.61. The van der Waals surface area contributed by atoms with Crippen molar-refractivity contribution in [2.75, 3.05) is 7.11 Å². The number of H-pyrrole nitrogens is 2. The van der Waals surface area contributed by atoms with Crippen molar-refractivity contribution in [1.29, 1.82) is 0 Å². The van der Waals surface area contributed by atoms with E-state index in [4.69, 9.17) is 4.74 Å². The van der Waals surface area contributed by atoms with Gasteiger partial charge in [0.25, 0.3) is 5.91 Å². The number of rotatable bonds is 5. The zero-order valence-electron chi connectivity index (χ0n) is 14.7. The molecule has 2 heterocycles. The number of methoxy groups -OCH3 is 1. The van der Waals surface area contributed by atoms with Crippen LogP contribution in [0.15, 0.2) is 54.7 Å². The second-order valence-electron chi connectivity index (χ2n) is 6.23. The average molecular weight is 362 g/mol. The molecule has 0 bridgehead atoms. The molecule has 2 aromatic carbocycles. The lowest BCUT2D eigenvalue weighted by atomic mass is 10.0. The van der Waals surface area contributed by atoms with Crippen LogP contribution in [0.4, 0.5) is 0 Å². The third-order valence-corrected chi connectivity index (χ3v) is 4.58. The van der Waals surface area contributed by atoms with Gasteiger partial charge < -0.3 is 15.0 Å². The first-order valence-corrected chi connectivity index (χ1v) is 8.54. The predicted octanol–water partition coefficient (Wildman–Crippen LogP) is 2.56. The van der Waals surface area contributed by atoms with Gasteiger partial charge in [-0.25, -0.2) is 4.79 Å². The van der Waals surface area contributed by atoms with Crippen LogP contribution in [0.25, 0.3) is 21.8 Å². The second-order valence-corrected chi connectivity index (χ2v) is 6.23. The van der Waals surface area contributed by atoms with E-state index in [1.165, 1.54) is 7.11 Å². The molecular weight excluding hydrogens is 344 g/mol. The number of hydrogen-bond donors (Lipinski definition) is 3. The van der Waals surface area contributed by atoms with Crippen molar-refractivity contribution < 1.29 is 14.3 Å². The van der Waals surface area contributed by atoms with Gasteiger partial charge in [-0.3, -0.25) is 9.89 Å². The molecule has 7 heteroatoms. The summed E-state index contributed by atoms with van der Waals surface area (Å²) in [5.74, 6) is -0.934. The van der Waals surface area contributed by atoms with E-state index >= 15 is 0 Å². The molecule has 0 aliphatic carbocycles. The van der Waals surface area contributed by atoms with Crippen LogP contribution >= 0.6 is 0 Å². The quantitative estimate of drug-likeness (QED) is 0.475. The number of hydrogen-bond acceptors (Lipinski definition) is 4. The van der Waals surface area contributed by atoms with Gasteiger partial charge in [-0.1, -0.05) is 36.4 Å². The number of carbonyl (C=O) groups excluding carboxylic acids is 2. The molecule has 27 heavy (non-hydrogen) atoms. The first-order chi connectivity index (χ1) is 13.2. The number of aromatic nitrogens is 3. The van der Waals surface area contributed by atoms with Gasteiger partial charge in [0.1, 0.15) is 6.04 Å². The van der Waals surface area contributed by atoms with Gasteiger partial charge in [0.2, 0.25) is 0 Å². The summed E-state index contributed by atoms with van der Waals surface area (Å²) in [7, 11) is 1.31. The van der Waals surface area contributed by atoms with Gasteiger partial charge >= 0.3 is 5.97 Å². The highest BCUT2D eigenvalue weighted by atomic mass is 16.5. The predicted molar refractivity (Wildman–Crippen MR) is 101 cm³/mol. The van der Waals surface area contributed by atoms with E-state index in [9.17, 15) is 9.59 Å². The van der Waals surface area contributed by atoms with E-state index in [0.717, 1.165) is 22.0 Å². The van der Waals surface area contributed by atoms with E-state index in [2.05, 4.69) is 20.5 Å². The third-order valence-electron chi connectivity index (χ3n) is 4.58. The lowest BCUT2D eigenvalue weighted by Crippen LogP contribution is -2.43. The first-order valence-electron chi connectivity index (χ1n) is 8.54. The van der Waals surface area contributed by atoms with Gasteiger partial charge in [-0.2, -0.15) is 5.10 Å². The fourth-order valence-corrected chi connectivity index (χ4v) is 3.22. The summed E-state index contributed by atoms with van der Waals surface area (Å²) < 4.78 is 4.89. The van der Waals surface area contributed by atoms with Crippen LogP contribution in [0.5, 0.6) is 0 Å². The molecule has 0 aliphatic heterocycles. The normalized spacial score (nSPS) is 12.2. The number of aromatic amines is 2. The van der Waals surface area contributed by atoms with Crippen LogP contribution < -0.4 is 5.32 Å². The Morgan fingerprint density at radius 3 is 2.56 bits per heavy atom. The molecule has 2 aromatic heterocycles. The van der Waals surface area contributed by atoms with Gasteiger partial charge in [-0.15, -0.1) is 0 Å². The van der Waals surface area contributed by atoms with Gasteiger partial charge in [-0.05, 0) is 17.7 Å². The fourth-order valence-electron chi connectivity index (χ4n) is 3.22. The summed E-state index contributed by atoms with van der Waals surface area (Å²) in [4.78, 5) is 28.2. The summed E-state index contributed by atoms with van der Waals surface area (Å²) >= 11 is 0. The van der Waals surface area contributed by atoms with Crippen molar-refractivity contribution in [3.8, 4) is 0 Å². The molecule has 1 atom stereocenters. The smallest absolute Gasteiger partial charge is 0.328 e. The van der Waals surface area contributed by atoms with Crippen molar-refractivity contribution in [2.45, 2.75) is 12.5 Å². The Hall–Kier alpha value is -3.61. The number of para-hydroxylation sites is 2. The number of esters is 1. The standard InChI is InChI=1S/C20H18N4O3/c1-27-20(26)17(10-12-11-21-15-8-4-2-6-13(12)15)22-19(25)18-14-7-3-5-9-16(14)23-24-18/h2-9,11,17,21H,10H2,1H3,(H,22,25)(H,23,24). The van der Waals surface area contributed by atoms with Crippen molar-refractivity contribution in [2.24, 2.45) is 0 Å². The maximum Gasteiger partial charge on any atom is 0.328 e. The molecule has 0 aliphatic rings. The van der Waals surface area contributed by atoms with Crippen molar-refractivity contribution >= 4 is 33.7 Å². The molecule has 0 saturated heterocycles. The van der Waals surface area contributed by atoms with E-state index in [1.807, 2.05) is 48.7 Å². The Labute approximate surface area is 154 Å². The number of amides is 1. The molecule has 0 saturated carbocycles. The Morgan fingerprint density at radius 1 is 1.07 bits per heavy atom. The van der Waals surface area contributed by atoms with Crippen molar-refractivity contribution in [1.82, 2.24) is 20.5 Å². The van der Waals surface area contributed by atoms with E-state index in [0.29, 0.717) is 11.8 Å². The number of benzene rings is 2. The van der Waals surface area contributed by atoms with Gasteiger partial charge in [0.15, 0.2) is 5.69 Å². The molecule has 3 N–H and O–H groups in total. The lowest BCUT2D eigenvalue weighted by Gasteiger charge is -2.15. The summed E-state index contributed by atoms with van der Waals surface area (Å²) in [6, 6.07) is 14.3. The van der Waals surface area contributed by atoms with Gasteiger partial charge in [0.05, 0.1) is 12.6 Å². The highest BCUT2D eigenvalue weighted by Crippen LogP contribution is 2.20. The monoisotopic (exact) mass is 362 g/mol. The molecular formula is C20H18N4O3. The molecule has 0 radical (unpaired) electrons. The van der Waals surface area contributed by atoms with E-state index in [1.54, 1.807) is 6.07 Å². The van der Waals surface area contributed by atoms with Crippen LogP contribution in [-0.2, 0) is 16.0 Å². The Kier molecular flexibility index (Phi) is 4.33. The van der Waals surface area contributed by atoms with Crippen molar-refractivity contribution in [3.63, 3.8) is 0 Å². The average Bonchev–Trinajstić information content (AvgIpc) is 3.31. The molecule has 4 aromatic rings. The minimum absolute atomic E-state index is 0.249. The zero-order chi connectivity index (χ0) is 18.8. The zero-order valence-corrected chi connectivity index (χ0v) is 14.7. The highest BCUT2D eigenvalue weighted by Gasteiger charge is 2.25. The number of ether oxygens (including phenoxy) is 1. The fraction of sp³-hybridized carbons (Fsp3) is 0.150. The SMILES string of the molecule is COC(=O)C(Cc1c[nH]c2ccccc12)NC(=O)c1n[nH]c2ccccc12. The van der Waals surface area contributed by atoms with Crippen LogP contribution in [-0.4, -0.2) is 40.2 Å². The van der Waals surface area contributed by atoms with E-state index < -0.39 is 17.9 Å². The Morgan fingerprint density at radius 2 is 1.78 bits per heavy atom. The highest BCUT2D eigenvalue weighted by molar-refractivity contribution is 6.05.